The average Bonchev–Trinajstić information content (AvgIpc) is 2.67. The Morgan fingerprint density at radius 3 is 1.50 bits per heavy atom. The maximum absolute atomic E-state index is 9.98. The van der Waals surface area contributed by atoms with Crippen molar-refractivity contribution >= 4 is 46.0 Å². The number of rotatable bonds is 4. The summed E-state index contributed by atoms with van der Waals surface area (Å²) in [7, 11) is 0. The topological polar surface area (TPSA) is 78.1 Å². The van der Waals surface area contributed by atoms with Crippen molar-refractivity contribution < 1.29 is 10.2 Å². The first-order chi connectivity index (χ1) is 13.4. The van der Waals surface area contributed by atoms with E-state index in [-0.39, 0.29) is 11.5 Å². The minimum absolute atomic E-state index is 0.00468. The molecule has 2 aromatic carbocycles. The molecule has 0 aliphatic rings. The number of phenolic OH excluding ortho intramolecular Hbond substituents is 2. The first-order valence-electron chi connectivity index (χ1n) is 8.40. The summed E-state index contributed by atoms with van der Waals surface area (Å²) in [5.74, 6) is -0.00937. The van der Waals surface area contributed by atoms with Gasteiger partial charge in [0.1, 0.15) is 22.9 Å². The number of benzene rings is 2. The summed E-state index contributed by atoms with van der Waals surface area (Å²) in [5, 5.41) is 20.7. The Morgan fingerprint density at radius 2 is 1.11 bits per heavy atom. The number of halogens is 2. The first-order valence-corrected chi connectivity index (χ1v) is 9.15. The average molecular weight is 414 g/mol. The van der Waals surface area contributed by atoms with Crippen molar-refractivity contribution in [2.45, 2.75) is 13.8 Å². The van der Waals surface area contributed by atoms with Crippen molar-refractivity contribution in [3.8, 4) is 11.5 Å². The highest BCUT2D eigenvalue weighted by Gasteiger charge is 2.10. The number of para-hydroxylation sites is 2. The zero-order valence-corrected chi connectivity index (χ0v) is 16.7. The SMILES string of the molecule is CC(=Nc1c(O)cccc1Cl)c1cccc(C(C)=Nc2c(O)cccc2Cl)n1. The number of phenols is 2. The molecule has 0 fully saturated rings. The Morgan fingerprint density at radius 1 is 0.714 bits per heavy atom. The van der Waals surface area contributed by atoms with Crippen LogP contribution in [0.3, 0.4) is 0 Å². The van der Waals surface area contributed by atoms with Crippen molar-refractivity contribution in [2.75, 3.05) is 0 Å². The summed E-state index contributed by atoms with van der Waals surface area (Å²) in [4.78, 5) is 13.4. The van der Waals surface area contributed by atoms with Gasteiger partial charge in [-0.2, -0.15) is 0 Å². The van der Waals surface area contributed by atoms with Crippen LogP contribution >= 0.6 is 23.2 Å². The fourth-order valence-corrected chi connectivity index (χ4v) is 2.94. The summed E-state index contributed by atoms with van der Waals surface area (Å²) < 4.78 is 0. The number of pyridine rings is 1. The molecule has 0 atom stereocenters. The van der Waals surface area contributed by atoms with E-state index in [9.17, 15) is 10.2 Å². The zero-order valence-electron chi connectivity index (χ0n) is 15.2. The molecule has 0 saturated carbocycles. The Labute approximate surface area is 172 Å². The summed E-state index contributed by atoms with van der Waals surface area (Å²) in [6.45, 7) is 3.56. The molecule has 0 spiro atoms. The van der Waals surface area contributed by atoms with Gasteiger partial charge in [0.05, 0.1) is 32.9 Å². The van der Waals surface area contributed by atoms with Gasteiger partial charge in [0.2, 0.25) is 0 Å². The van der Waals surface area contributed by atoms with Gasteiger partial charge in [-0.3, -0.25) is 0 Å². The van der Waals surface area contributed by atoms with E-state index >= 15 is 0 Å². The van der Waals surface area contributed by atoms with E-state index in [0.29, 0.717) is 44.2 Å². The minimum atomic E-state index is -0.00468. The third-order valence-corrected chi connectivity index (χ3v) is 4.59. The highest BCUT2D eigenvalue weighted by molar-refractivity contribution is 6.34. The molecule has 0 radical (unpaired) electrons. The highest BCUT2D eigenvalue weighted by Crippen LogP contribution is 2.35. The lowest BCUT2D eigenvalue weighted by Gasteiger charge is -2.07. The van der Waals surface area contributed by atoms with Crippen molar-refractivity contribution in [3.63, 3.8) is 0 Å². The van der Waals surface area contributed by atoms with Crippen LogP contribution < -0.4 is 0 Å². The third kappa shape index (κ3) is 4.32. The van der Waals surface area contributed by atoms with Gasteiger partial charge in [-0.1, -0.05) is 41.4 Å². The molecular formula is C21H17Cl2N3O2. The van der Waals surface area contributed by atoms with E-state index in [4.69, 9.17) is 23.2 Å². The van der Waals surface area contributed by atoms with Crippen LogP contribution in [-0.2, 0) is 0 Å². The molecule has 3 aromatic rings. The Hall–Kier alpha value is -2.89. The molecule has 5 nitrogen and oxygen atoms in total. The van der Waals surface area contributed by atoms with E-state index in [1.165, 1.54) is 12.1 Å². The fourth-order valence-electron chi connectivity index (χ4n) is 2.52. The quantitative estimate of drug-likeness (QED) is 0.508. The Bertz CT molecular complexity index is 972. The molecule has 0 saturated heterocycles. The second-order valence-electron chi connectivity index (χ2n) is 6.02. The largest absolute Gasteiger partial charge is 0.506 e. The number of aromatic hydroxyl groups is 2. The standard InChI is InChI=1S/C21H17Cl2N3O2/c1-12(24-20-14(22)6-3-10-18(20)27)16-8-5-9-17(26-16)13(2)25-21-15(23)7-4-11-19(21)28/h3-11,27-28H,1-2H3. The monoisotopic (exact) mass is 413 g/mol. The number of aliphatic imine (C=N–C) groups is 2. The summed E-state index contributed by atoms with van der Waals surface area (Å²) >= 11 is 12.2. The van der Waals surface area contributed by atoms with Gasteiger partial charge in [-0.05, 0) is 50.2 Å². The summed E-state index contributed by atoms with van der Waals surface area (Å²) in [6.07, 6.45) is 0. The van der Waals surface area contributed by atoms with Crippen LogP contribution in [0, 0.1) is 0 Å². The molecule has 7 heteroatoms. The van der Waals surface area contributed by atoms with Gasteiger partial charge in [-0.25, -0.2) is 15.0 Å². The lowest BCUT2D eigenvalue weighted by Crippen LogP contribution is -2.05. The molecule has 28 heavy (non-hydrogen) atoms. The second kappa shape index (κ2) is 8.42. The number of aromatic nitrogens is 1. The van der Waals surface area contributed by atoms with E-state index in [0.717, 1.165) is 0 Å². The maximum Gasteiger partial charge on any atom is 0.142 e. The van der Waals surface area contributed by atoms with Crippen molar-refractivity contribution in [3.05, 3.63) is 76.0 Å². The molecule has 1 aromatic heterocycles. The second-order valence-corrected chi connectivity index (χ2v) is 6.83. The molecule has 3 rings (SSSR count). The zero-order chi connectivity index (χ0) is 20.3. The fraction of sp³-hybridized carbons (Fsp3) is 0.0952. The Balaban J connectivity index is 1.98. The van der Waals surface area contributed by atoms with Crippen molar-refractivity contribution in [1.82, 2.24) is 4.98 Å². The molecule has 0 aliphatic carbocycles. The Kier molecular flexibility index (Phi) is 5.97. The molecule has 0 unspecified atom stereocenters. The predicted molar refractivity (Wildman–Crippen MR) is 114 cm³/mol. The first kappa shape index (κ1) is 19.9. The molecule has 0 amide bonds. The van der Waals surface area contributed by atoms with Crippen LogP contribution in [0.4, 0.5) is 11.4 Å². The van der Waals surface area contributed by atoms with Gasteiger partial charge in [0.15, 0.2) is 0 Å². The third-order valence-electron chi connectivity index (χ3n) is 3.98. The van der Waals surface area contributed by atoms with Gasteiger partial charge in [-0.15, -0.1) is 0 Å². The highest BCUT2D eigenvalue weighted by atomic mass is 35.5. The molecule has 142 valence electrons. The molecule has 1 heterocycles. The number of nitrogens with zero attached hydrogens (tertiary/aromatic N) is 3. The van der Waals surface area contributed by atoms with Gasteiger partial charge in [0, 0.05) is 0 Å². The van der Waals surface area contributed by atoms with Crippen LogP contribution in [0.25, 0.3) is 0 Å². The predicted octanol–water partition coefficient (Wildman–Crippen LogP) is 6.08. The van der Waals surface area contributed by atoms with Gasteiger partial charge in [0.25, 0.3) is 0 Å². The lowest BCUT2D eigenvalue weighted by atomic mass is 10.2. The molecular weight excluding hydrogens is 397 g/mol. The van der Waals surface area contributed by atoms with E-state index in [1.807, 2.05) is 6.07 Å². The van der Waals surface area contributed by atoms with Crippen molar-refractivity contribution in [1.29, 1.82) is 0 Å². The minimum Gasteiger partial charge on any atom is -0.506 e. The molecule has 0 bridgehead atoms. The van der Waals surface area contributed by atoms with E-state index < -0.39 is 0 Å². The van der Waals surface area contributed by atoms with Gasteiger partial charge >= 0.3 is 0 Å². The van der Waals surface area contributed by atoms with Crippen molar-refractivity contribution in [2.24, 2.45) is 9.98 Å². The van der Waals surface area contributed by atoms with Crippen LogP contribution in [0.2, 0.25) is 10.0 Å². The maximum atomic E-state index is 9.98. The van der Waals surface area contributed by atoms with E-state index in [1.54, 1.807) is 50.2 Å². The van der Waals surface area contributed by atoms with Crippen LogP contribution in [-0.4, -0.2) is 26.6 Å². The normalized spacial score (nSPS) is 12.3. The molecule has 2 N–H and O–H groups in total. The number of hydrogen-bond donors (Lipinski definition) is 2. The summed E-state index contributed by atoms with van der Waals surface area (Å²) in [5.41, 5.74) is 2.96. The van der Waals surface area contributed by atoms with E-state index in [2.05, 4.69) is 15.0 Å². The van der Waals surface area contributed by atoms with Gasteiger partial charge < -0.3 is 10.2 Å². The van der Waals surface area contributed by atoms with Crippen LogP contribution in [0.1, 0.15) is 25.2 Å². The number of hydrogen-bond acceptors (Lipinski definition) is 5. The molecule has 0 aliphatic heterocycles. The van der Waals surface area contributed by atoms with Crippen LogP contribution in [0.15, 0.2) is 64.6 Å². The lowest BCUT2D eigenvalue weighted by molar-refractivity contribution is 0.476. The smallest absolute Gasteiger partial charge is 0.142 e. The van der Waals surface area contributed by atoms with Crippen LogP contribution in [0.5, 0.6) is 11.5 Å². The summed E-state index contributed by atoms with van der Waals surface area (Å²) in [6, 6.07) is 15.1.